The molecular weight excluding hydrogens is 568 g/mol. The predicted octanol–water partition coefficient (Wildman–Crippen LogP) is 5.85. The van der Waals surface area contributed by atoms with Gasteiger partial charge in [0.2, 0.25) is 5.75 Å². The third-order valence-electron chi connectivity index (χ3n) is 5.02. The Morgan fingerprint density at radius 1 is 1.12 bits per heavy atom. The van der Waals surface area contributed by atoms with Gasteiger partial charge in [-0.3, -0.25) is 14.9 Å². The number of fused-ring (bicyclic) bond motifs is 1. The Morgan fingerprint density at radius 2 is 1.85 bits per heavy atom. The Kier molecular flexibility index (Phi) is 7.18. The first-order valence-electron chi connectivity index (χ1n) is 10.3. The molecule has 34 heavy (non-hydrogen) atoms. The second kappa shape index (κ2) is 10.3. The molecule has 1 aromatic heterocycles. The van der Waals surface area contributed by atoms with E-state index in [4.69, 9.17) is 4.74 Å². The fraction of sp³-hybridized carbons (Fsp3) is 0.125. The third-order valence-corrected chi connectivity index (χ3v) is 6.04. The van der Waals surface area contributed by atoms with Crippen molar-refractivity contribution in [2.75, 3.05) is 0 Å². The number of benzene rings is 3. The van der Waals surface area contributed by atoms with E-state index in [1.54, 1.807) is 24.3 Å². The van der Waals surface area contributed by atoms with Gasteiger partial charge >= 0.3 is 5.69 Å². The number of ether oxygens (including phenoxy) is 1. The molecule has 4 rings (SSSR count). The lowest BCUT2D eigenvalue weighted by atomic mass is 10.2. The van der Waals surface area contributed by atoms with Gasteiger partial charge in [0.1, 0.15) is 12.4 Å². The standard InChI is InChI=1S/C24H18Br2N4O4/c1-2-22-28-20-11-10-18(26)12-19(20)24(31)29(22)27-13-16-4-3-5-21(30(32)33)23(16)34-14-15-6-8-17(25)9-7-15/h3-13H,2,14H2,1H3. The van der Waals surface area contributed by atoms with Gasteiger partial charge in [-0.2, -0.15) is 9.78 Å². The Bertz CT molecular complexity index is 1470. The van der Waals surface area contributed by atoms with Crippen LogP contribution in [-0.2, 0) is 13.0 Å². The fourth-order valence-corrected chi connectivity index (χ4v) is 3.97. The van der Waals surface area contributed by atoms with Crippen molar-refractivity contribution in [1.29, 1.82) is 0 Å². The molecule has 4 aromatic rings. The summed E-state index contributed by atoms with van der Waals surface area (Å²) in [6.45, 7) is 2.00. The Morgan fingerprint density at radius 3 is 2.56 bits per heavy atom. The molecule has 10 heteroatoms. The smallest absolute Gasteiger partial charge is 0.311 e. The summed E-state index contributed by atoms with van der Waals surface area (Å²) >= 11 is 6.76. The molecule has 0 amide bonds. The van der Waals surface area contributed by atoms with E-state index in [9.17, 15) is 14.9 Å². The minimum Gasteiger partial charge on any atom is -0.481 e. The van der Waals surface area contributed by atoms with E-state index in [-0.39, 0.29) is 23.6 Å². The van der Waals surface area contributed by atoms with Gasteiger partial charge in [0.25, 0.3) is 5.56 Å². The first-order chi connectivity index (χ1) is 16.4. The zero-order valence-electron chi connectivity index (χ0n) is 17.9. The first kappa shape index (κ1) is 23.8. The second-order valence-electron chi connectivity index (χ2n) is 7.27. The summed E-state index contributed by atoms with van der Waals surface area (Å²) in [7, 11) is 0. The number of nitrogens with zero attached hydrogens (tertiary/aromatic N) is 4. The summed E-state index contributed by atoms with van der Waals surface area (Å²) < 4.78 is 8.74. The Balaban J connectivity index is 1.76. The molecule has 3 aromatic carbocycles. The number of para-hydroxylation sites is 1. The predicted molar refractivity (Wildman–Crippen MR) is 138 cm³/mol. The van der Waals surface area contributed by atoms with Crippen LogP contribution in [0.15, 0.2) is 79.5 Å². The van der Waals surface area contributed by atoms with Crippen LogP contribution in [0.1, 0.15) is 23.9 Å². The summed E-state index contributed by atoms with van der Waals surface area (Å²) in [6.07, 6.45) is 1.86. The number of nitro benzene ring substituents is 1. The highest BCUT2D eigenvalue weighted by Gasteiger charge is 2.19. The van der Waals surface area contributed by atoms with Crippen molar-refractivity contribution in [3.05, 3.63) is 107 Å². The lowest BCUT2D eigenvalue weighted by molar-refractivity contribution is -0.385. The van der Waals surface area contributed by atoms with E-state index in [0.29, 0.717) is 28.7 Å². The molecule has 172 valence electrons. The molecule has 0 N–H and O–H groups in total. The van der Waals surface area contributed by atoms with Crippen LogP contribution in [0.2, 0.25) is 0 Å². The van der Waals surface area contributed by atoms with Gasteiger partial charge in [-0.25, -0.2) is 4.98 Å². The molecule has 0 aliphatic carbocycles. The molecule has 0 aliphatic heterocycles. The minimum atomic E-state index is -0.507. The third kappa shape index (κ3) is 5.07. The molecule has 0 bridgehead atoms. The number of aromatic nitrogens is 2. The van der Waals surface area contributed by atoms with Crippen LogP contribution >= 0.6 is 31.9 Å². The van der Waals surface area contributed by atoms with Crippen LogP contribution in [-0.4, -0.2) is 20.8 Å². The molecule has 0 saturated carbocycles. The summed E-state index contributed by atoms with van der Waals surface area (Å²) in [4.78, 5) is 28.8. The molecule has 0 radical (unpaired) electrons. The number of hydrogen-bond donors (Lipinski definition) is 0. The van der Waals surface area contributed by atoms with Crippen LogP contribution in [0.5, 0.6) is 5.75 Å². The molecule has 0 unspecified atom stereocenters. The monoisotopic (exact) mass is 584 g/mol. The van der Waals surface area contributed by atoms with Crippen molar-refractivity contribution in [1.82, 2.24) is 9.66 Å². The van der Waals surface area contributed by atoms with Crippen molar-refractivity contribution in [2.24, 2.45) is 5.10 Å². The SMILES string of the molecule is CCc1nc2ccc(Br)cc2c(=O)n1N=Cc1cccc([N+](=O)[O-])c1OCc1ccc(Br)cc1. The lowest BCUT2D eigenvalue weighted by Crippen LogP contribution is -2.22. The van der Waals surface area contributed by atoms with Crippen molar-refractivity contribution >= 4 is 54.7 Å². The number of nitro groups is 1. The van der Waals surface area contributed by atoms with Gasteiger partial charge in [-0.05, 0) is 42.0 Å². The Hall–Kier alpha value is -3.37. The van der Waals surface area contributed by atoms with Gasteiger partial charge in [-0.15, -0.1) is 0 Å². The summed E-state index contributed by atoms with van der Waals surface area (Å²) in [5, 5.41) is 16.4. The highest BCUT2D eigenvalue weighted by Crippen LogP contribution is 2.31. The van der Waals surface area contributed by atoms with E-state index in [0.717, 1.165) is 14.5 Å². The van der Waals surface area contributed by atoms with E-state index in [1.165, 1.54) is 17.0 Å². The summed E-state index contributed by atoms with van der Waals surface area (Å²) in [5.74, 6) is 0.542. The zero-order valence-corrected chi connectivity index (χ0v) is 21.1. The quantitative estimate of drug-likeness (QED) is 0.154. The van der Waals surface area contributed by atoms with Crippen molar-refractivity contribution < 1.29 is 9.66 Å². The zero-order chi connectivity index (χ0) is 24.2. The Labute approximate surface area is 211 Å². The number of halogens is 2. The van der Waals surface area contributed by atoms with Gasteiger partial charge in [0.05, 0.1) is 22.0 Å². The molecule has 0 spiro atoms. The average molecular weight is 586 g/mol. The van der Waals surface area contributed by atoms with E-state index < -0.39 is 4.92 Å². The maximum Gasteiger partial charge on any atom is 0.311 e. The van der Waals surface area contributed by atoms with E-state index in [2.05, 4.69) is 41.9 Å². The largest absolute Gasteiger partial charge is 0.481 e. The van der Waals surface area contributed by atoms with Crippen molar-refractivity contribution in [2.45, 2.75) is 20.0 Å². The summed E-state index contributed by atoms with van der Waals surface area (Å²) in [6, 6.07) is 17.3. The van der Waals surface area contributed by atoms with E-state index >= 15 is 0 Å². The van der Waals surface area contributed by atoms with Crippen LogP contribution in [0, 0.1) is 10.1 Å². The topological polar surface area (TPSA) is 99.6 Å². The van der Waals surface area contributed by atoms with Crippen molar-refractivity contribution in [3.63, 3.8) is 0 Å². The van der Waals surface area contributed by atoms with Gasteiger partial charge < -0.3 is 4.74 Å². The molecule has 0 fully saturated rings. The van der Waals surface area contributed by atoms with Crippen LogP contribution in [0.3, 0.4) is 0 Å². The fourth-order valence-electron chi connectivity index (χ4n) is 3.34. The minimum absolute atomic E-state index is 0.0711. The van der Waals surface area contributed by atoms with E-state index in [1.807, 2.05) is 37.3 Å². The molecule has 0 aliphatic rings. The lowest BCUT2D eigenvalue weighted by Gasteiger charge is -2.11. The van der Waals surface area contributed by atoms with Crippen LogP contribution in [0.25, 0.3) is 10.9 Å². The number of rotatable bonds is 7. The van der Waals surface area contributed by atoms with Crippen LogP contribution < -0.4 is 10.3 Å². The molecule has 1 heterocycles. The van der Waals surface area contributed by atoms with Crippen molar-refractivity contribution in [3.8, 4) is 5.75 Å². The van der Waals surface area contributed by atoms with Gasteiger partial charge in [-0.1, -0.05) is 57.0 Å². The molecule has 8 nitrogen and oxygen atoms in total. The van der Waals surface area contributed by atoms with Crippen LogP contribution in [0.4, 0.5) is 5.69 Å². The van der Waals surface area contributed by atoms with Gasteiger partial charge in [0, 0.05) is 27.0 Å². The number of hydrogen-bond acceptors (Lipinski definition) is 6. The normalized spacial score (nSPS) is 11.3. The maximum absolute atomic E-state index is 13.1. The molecule has 0 atom stereocenters. The average Bonchev–Trinajstić information content (AvgIpc) is 2.83. The summed E-state index contributed by atoms with van der Waals surface area (Å²) in [5.41, 5.74) is 1.27. The highest BCUT2D eigenvalue weighted by molar-refractivity contribution is 9.10. The molecular formula is C24H18Br2N4O4. The number of aryl methyl sites for hydroxylation is 1. The first-order valence-corrected chi connectivity index (χ1v) is 11.9. The van der Waals surface area contributed by atoms with Gasteiger partial charge in [0.15, 0.2) is 0 Å². The molecule has 0 saturated heterocycles. The maximum atomic E-state index is 13.1. The highest BCUT2D eigenvalue weighted by atomic mass is 79.9. The second-order valence-corrected chi connectivity index (χ2v) is 9.10.